The number of hydrogen-bond donors (Lipinski definition) is 4. The van der Waals surface area contributed by atoms with E-state index < -0.39 is 0 Å². The summed E-state index contributed by atoms with van der Waals surface area (Å²) in [6.45, 7) is 1.93. The van der Waals surface area contributed by atoms with Crippen molar-refractivity contribution in [3.8, 4) is 5.75 Å². The number of nitrogens with zero attached hydrogens (tertiary/aromatic N) is 1. The smallest absolute Gasteiger partial charge is 0.188 e. The van der Waals surface area contributed by atoms with E-state index in [0.29, 0.717) is 23.5 Å². The molecule has 0 amide bonds. The van der Waals surface area contributed by atoms with Crippen LogP contribution in [0.2, 0.25) is 0 Å². The number of piperazine rings is 1. The minimum Gasteiger partial charge on any atom is -0.467 e. The maximum atomic E-state index is 6.35. The van der Waals surface area contributed by atoms with Crippen molar-refractivity contribution >= 4 is 5.70 Å². The monoisotopic (exact) mass is 345 g/mol. The Morgan fingerprint density at radius 1 is 1.20 bits per heavy atom. The van der Waals surface area contributed by atoms with Gasteiger partial charge >= 0.3 is 0 Å². The maximum absolute atomic E-state index is 6.35. The maximum Gasteiger partial charge on any atom is 0.188 e. The predicted molar refractivity (Wildman–Crippen MR) is 98.0 cm³/mol. The first kappa shape index (κ1) is 17.4. The normalized spacial score (nSPS) is 22.8. The molecule has 7 heteroatoms. The second-order valence-corrected chi connectivity index (χ2v) is 6.53. The molecule has 2 aliphatic rings. The molecule has 1 aromatic rings. The largest absolute Gasteiger partial charge is 0.467 e. The highest BCUT2D eigenvalue weighted by Crippen LogP contribution is 2.27. The van der Waals surface area contributed by atoms with Crippen LogP contribution in [0.3, 0.4) is 0 Å². The van der Waals surface area contributed by atoms with Crippen LogP contribution in [0.15, 0.2) is 41.9 Å². The Hall–Kier alpha value is -2.38. The minimum atomic E-state index is 0.160. The summed E-state index contributed by atoms with van der Waals surface area (Å²) in [5.41, 5.74) is 20.4. The number of hydrogen-bond acceptors (Lipinski definition) is 7. The molecule has 2 atom stereocenters. The van der Waals surface area contributed by atoms with E-state index in [1.807, 2.05) is 30.3 Å². The highest BCUT2D eigenvalue weighted by molar-refractivity contribution is 5.70. The summed E-state index contributed by atoms with van der Waals surface area (Å²) >= 11 is 0. The lowest BCUT2D eigenvalue weighted by atomic mass is 10.1. The molecule has 1 aromatic carbocycles. The first-order chi connectivity index (χ1) is 12.1. The Morgan fingerprint density at radius 3 is 2.52 bits per heavy atom. The van der Waals surface area contributed by atoms with Gasteiger partial charge in [-0.3, -0.25) is 0 Å². The average Bonchev–Trinajstić information content (AvgIpc) is 2.95. The number of likely N-dealkylation sites (tertiary alicyclic amines) is 1. The van der Waals surface area contributed by atoms with E-state index in [9.17, 15) is 0 Å². The van der Waals surface area contributed by atoms with Crippen molar-refractivity contribution in [3.05, 3.63) is 47.4 Å². The molecule has 2 aliphatic heterocycles. The van der Waals surface area contributed by atoms with Gasteiger partial charge in [-0.1, -0.05) is 12.1 Å². The molecule has 0 spiro atoms. The fourth-order valence-corrected chi connectivity index (χ4v) is 3.53. The summed E-state index contributed by atoms with van der Waals surface area (Å²) in [4.78, 5) is 2.22. The van der Waals surface area contributed by atoms with Crippen LogP contribution in [-0.4, -0.2) is 44.0 Å². The van der Waals surface area contributed by atoms with Crippen molar-refractivity contribution in [2.75, 3.05) is 27.0 Å². The number of para-hydroxylation sites is 1. The number of benzene rings is 1. The number of allylic oxidation sites excluding steroid dienone is 1. The summed E-state index contributed by atoms with van der Waals surface area (Å²) < 4.78 is 10.6. The second-order valence-electron chi connectivity index (χ2n) is 6.53. The van der Waals surface area contributed by atoms with Gasteiger partial charge in [-0.05, 0) is 31.1 Å². The molecule has 0 radical (unpaired) electrons. The van der Waals surface area contributed by atoms with E-state index in [2.05, 4.69) is 10.2 Å². The number of nitrogens with one attached hydrogen (secondary N) is 1. The molecule has 2 heterocycles. The van der Waals surface area contributed by atoms with Gasteiger partial charge in [0.25, 0.3) is 0 Å². The Morgan fingerprint density at radius 2 is 1.88 bits per heavy atom. The molecule has 2 saturated heterocycles. The van der Waals surface area contributed by atoms with Gasteiger partial charge in [0, 0.05) is 43.5 Å². The number of fused-ring (bicyclic) bond motifs is 2. The standard InChI is InChI=1S/C18H27N5O2/c1-24-11-25-17-5-3-2-4-14(17)15(19)8-16(18(20)21)23-9-12-6-7-13(10-23)22-12/h2-5,8,12-13,22H,6-7,9-11,19-21H2,1H3/b15-8-. The van der Waals surface area contributed by atoms with Crippen LogP contribution in [-0.2, 0) is 4.74 Å². The molecular formula is C18H27N5O2. The van der Waals surface area contributed by atoms with Gasteiger partial charge < -0.3 is 36.9 Å². The molecule has 136 valence electrons. The van der Waals surface area contributed by atoms with Crippen LogP contribution in [0.25, 0.3) is 5.70 Å². The Labute approximate surface area is 148 Å². The predicted octanol–water partition coefficient (Wildman–Crippen LogP) is 0.492. The van der Waals surface area contributed by atoms with Gasteiger partial charge in [-0.25, -0.2) is 0 Å². The Kier molecular flexibility index (Phi) is 5.35. The minimum absolute atomic E-state index is 0.160. The number of methoxy groups -OCH3 is 1. The number of ether oxygens (including phenoxy) is 2. The van der Waals surface area contributed by atoms with E-state index in [1.165, 1.54) is 12.8 Å². The Balaban J connectivity index is 1.85. The van der Waals surface area contributed by atoms with Crippen LogP contribution in [0.5, 0.6) is 5.75 Å². The van der Waals surface area contributed by atoms with Gasteiger partial charge in [-0.2, -0.15) is 0 Å². The van der Waals surface area contributed by atoms with E-state index in [1.54, 1.807) is 7.11 Å². The van der Waals surface area contributed by atoms with Crippen molar-refractivity contribution in [1.82, 2.24) is 10.2 Å². The van der Waals surface area contributed by atoms with Crippen LogP contribution in [0.4, 0.5) is 0 Å². The van der Waals surface area contributed by atoms with Crippen LogP contribution in [0.1, 0.15) is 18.4 Å². The zero-order chi connectivity index (χ0) is 17.8. The summed E-state index contributed by atoms with van der Waals surface area (Å²) in [6, 6.07) is 8.54. The van der Waals surface area contributed by atoms with Crippen molar-refractivity contribution in [2.45, 2.75) is 24.9 Å². The molecule has 0 aliphatic carbocycles. The van der Waals surface area contributed by atoms with Gasteiger partial charge in [0.15, 0.2) is 6.79 Å². The summed E-state index contributed by atoms with van der Waals surface area (Å²) in [7, 11) is 1.58. The molecular weight excluding hydrogens is 318 g/mol. The molecule has 7 N–H and O–H groups in total. The first-order valence-corrected chi connectivity index (χ1v) is 8.53. The van der Waals surface area contributed by atoms with Crippen LogP contribution in [0, 0.1) is 0 Å². The third-order valence-corrected chi connectivity index (χ3v) is 4.68. The molecule has 2 fully saturated rings. The van der Waals surface area contributed by atoms with E-state index in [-0.39, 0.29) is 12.6 Å². The van der Waals surface area contributed by atoms with Crippen molar-refractivity contribution in [3.63, 3.8) is 0 Å². The second kappa shape index (κ2) is 7.67. The summed E-state index contributed by atoms with van der Waals surface area (Å²) in [5.74, 6) is 0.938. The Bertz CT molecular complexity index is 657. The fraction of sp³-hybridized carbons (Fsp3) is 0.444. The highest BCUT2D eigenvalue weighted by Gasteiger charge is 2.33. The zero-order valence-corrected chi connectivity index (χ0v) is 14.6. The molecule has 3 rings (SSSR count). The lowest BCUT2D eigenvalue weighted by Gasteiger charge is -2.35. The topological polar surface area (TPSA) is 112 Å². The van der Waals surface area contributed by atoms with E-state index in [0.717, 1.165) is 24.4 Å². The first-order valence-electron chi connectivity index (χ1n) is 8.53. The number of nitrogens with two attached hydrogens (primary N) is 3. The van der Waals surface area contributed by atoms with Crippen molar-refractivity contribution < 1.29 is 9.47 Å². The zero-order valence-electron chi connectivity index (χ0n) is 14.6. The lowest BCUT2D eigenvalue weighted by Crippen LogP contribution is -2.51. The third-order valence-electron chi connectivity index (χ3n) is 4.68. The summed E-state index contributed by atoms with van der Waals surface area (Å²) in [6.07, 6.45) is 4.21. The molecule has 2 bridgehead atoms. The van der Waals surface area contributed by atoms with E-state index >= 15 is 0 Å². The molecule has 25 heavy (non-hydrogen) atoms. The van der Waals surface area contributed by atoms with Crippen LogP contribution < -0.4 is 27.3 Å². The van der Waals surface area contributed by atoms with Gasteiger partial charge in [0.2, 0.25) is 0 Å². The van der Waals surface area contributed by atoms with Crippen molar-refractivity contribution in [2.24, 2.45) is 17.2 Å². The number of rotatable bonds is 6. The van der Waals surface area contributed by atoms with Gasteiger partial charge in [-0.15, -0.1) is 0 Å². The fourth-order valence-electron chi connectivity index (χ4n) is 3.53. The van der Waals surface area contributed by atoms with Gasteiger partial charge in [0.1, 0.15) is 11.6 Å². The molecule has 0 aromatic heterocycles. The van der Waals surface area contributed by atoms with Crippen molar-refractivity contribution in [1.29, 1.82) is 0 Å². The van der Waals surface area contributed by atoms with E-state index in [4.69, 9.17) is 26.7 Å². The SMILES string of the molecule is COCOc1ccccc1/C(N)=C/C(=C(N)N)N1CC2CCC(C1)N2. The third kappa shape index (κ3) is 4.00. The lowest BCUT2D eigenvalue weighted by molar-refractivity contribution is 0.0509. The van der Waals surface area contributed by atoms with Crippen LogP contribution >= 0.6 is 0 Å². The molecule has 0 saturated carbocycles. The summed E-state index contributed by atoms with van der Waals surface area (Å²) in [5, 5.41) is 3.60. The average molecular weight is 345 g/mol. The quantitative estimate of drug-likeness (QED) is 0.438. The van der Waals surface area contributed by atoms with Gasteiger partial charge in [0.05, 0.1) is 5.70 Å². The highest BCUT2D eigenvalue weighted by atomic mass is 16.7. The molecule has 2 unspecified atom stereocenters. The molecule has 7 nitrogen and oxygen atoms in total.